The highest BCUT2D eigenvalue weighted by molar-refractivity contribution is 9.10. The van der Waals surface area contributed by atoms with Crippen molar-refractivity contribution < 1.29 is 4.39 Å². The second-order valence-electron chi connectivity index (χ2n) is 4.33. The van der Waals surface area contributed by atoms with Gasteiger partial charge in [-0.1, -0.05) is 36.2 Å². The van der Waals surface area contributed by atoms with Crippen molar-refractivity contribution in [1.29, 1.82) is 0 Å². The predicted octanol–water partition coefficient (Wildman–Crippen LogP) is 6.05. The lowest BCUT2D eigenvalue weighted by Gasteiger charge is -2.18. The molecule has 1 unspecified atom stereocenters. The SMILES string of the molecule is CCCNC(c1ccc(Cl)c(F)c1)c1cc(Br)c(Cl)s1. The van der Waals surface area contributed by atoms with Gasteiger partial charge >= 0.3 is 0 Å². The summed E-state index contributed by atoms with van der Waals surface area (Å²) >= 11 is 16.7. The number of hydrogen-bond donors (Lipinski definition) is 1. The molecular weight excluding hydrogens is 384 g/mol. The Morgan fingerprint density at radius 2 is 2.10 bits per heavy atom. The summed E-state index contributed by atoms with van der Waals surface area (Å²) in [5, 5.41) is 3.54. The first-order valence-corrected chi connectivity index (χ1v) is 8.52. The Bertz CT molecular complexity index is 583. The molecule has 0 aliphatic carbocycles. The van der Waals surface area contributed by atoms with E-state index in [9.17, 15) is 4.39 Å². The molecule has 0 aliphatic rings. The van der Waals surface area contributed by atoms with Crippen LogP contribution in [-0.4, -0.2) is 6.54 Å². The highest BCUT2D eigenvalue weighted by Gasteiger charge is 2.18. The van der Waals surface area contributed by atoms with Crippen LogP contribution in [0.25, 0.3) is 0 Å². The van der Waals surface area contributed by atoms with Gasteiger partial charge in [0.2, 0.25) is 0 Å². The largest absolute Gasteiger partial charge is 0.306 e. The Labute approximate surface area is 140 Å². The number of thiophene rings is 1. The Balaban J connectivity index is 2.38. The normalized spacial score (nSPS) is 12.7. The second-order valence-corrected chi connectivity index (χ2v) is 7.28. The summed E-state index contributed by atoms with van der Waals surface area (Å²) < 4.78 is 15.2. The Morgan fingerprint density at radius 1 is 1.35 bits per heavy atom. The zero-order valence-corrected chi connectivity index (χ0v) is 14.6. The Morgan fingerprint density at radius 3 is 2.65 bits per heavy atom. The monoisotopic (exact) mass is 395 g/mol. The average molecular weight is 397 g/mol. The quantitative estimate of drug-likeness (QED) is 0.648. The predicted molar refractivity (Wildman–Crippen MR) is 88.6 cm³/mol. The van der Waals surface area contributed by atoms with E-state index in [4.69, 9.17) is 23.2 Å². The molecule has 108 valence electrons. The van der Waals surface area contributed by atoms with Crippen LogP contribution in [-0.2, 0) is 0 Å². The number of hydrogen-bond acceptors (Lipinski definition) is 2. The average Bonchev–Trinajstić information content (AvgIpc) is 2.74. The maximum Gasteiger partial charge on any atom is 0.142 e. The third kappa shape index (κ3) is 3.74. The van der Waals surface area contributed by atoms with Crippen LogP contribution in [0.4, 0.5) is 4.39 Å². The fourth-order valence-corrected chi connectivity index (χ4v) is 3.83. The molecule has 0 amide bonds. The van der Waals surface area contributed by atoms with Crippen LogP contribution in [0.15, 0.2) is 28.7 Å². The van der Waals surface area contributed by atoms with Crippen molar-refractivity contribution in [3.8, 4) is 0 Å². The van der Waals surface area contributed by atoms with Crippen LogP contribution >= 0.6 is 50.5 Å². The molecule has 0 saturated carbocycles. The zero-order chi connectivity index (χ0) is 14.7. The third-order valence-electron chi connectivity index (χ3n) is 2.82. The van der Waals surface area contributed by atoms with Gasteiger partial charge in [-0.3, -0.25) is 0 Å². The molecule has 0 fully saturated rings. The number of benzene rings is 1. The summed E-state index contributed by atoms with van der Waals surface area (Å²) in [6, 6.07) is 6.76. The molecule has 1 heterocycles. The van der Waals surface area contributed by atoms with Gasteiger partial charge in [-0.05, 0) is 52.7 Å². The summed E-state index contributed by atoms with van der Waals surface area (Å²) in [6.07, 6.45) is 0.993. The van der Waals surface area contributed by atoms with Gasteiger partial charge in [-0.2, -0.15) is 0 Å². The highest BCUT2D eigenvalue weighted by Crippen LogP contribution is 2.37. The van der Waals surface area contributed by atoms with Gasteiger partial charge in [0.1, 0.15) is 10.2 Å². The molecule has 20 heavy (non-hydrogen) atoms. The molecule has 0 bridgehead atoms. The van der Waals surface area contributed by atoms with E-state index in [1.165, 1.54) is 17.4 Å². The molecule has 1 aromatic carbocycles. The fourth-order valence-electron chi connectivity index (χ4n) is 1.87. The first-order valence-electron chi connectivity index (χ1n) is 6.16. The molecule has 2 aromatic rings. The fraction of sp³-hybridized carbons (Fsp3) is 0.286. The maximum atomic E-state index is 13.7. The molecule has 1 atom stereocenters. The molecule has 0 aliphatic heterocycles. The van der Waals surface area contributed by atoms with Crippen LogP contribution in [0.1, 0.15) is 29.8 Å². The van der Waals surface area contributed by atoms with E-state index < -0.39 is 5.82 Å². The summed E-state index contributed by atoms with van der Waals surface area (Å²) in [4.78, 5) is 1.04. The van der Waals surface area contributed by atoms with E-state index >= 15 is 0 Å². The molecule has 6 heteroatoms. The third-order valence-corrected chi connectivity index (χ3v) is 5.67. The van der Waals surface area contributed by atoms with Gasteiger partial charge in [0.15, 0.2) is 0 Å². The van der Waals surface area contributed by atoms with Crippen molar-refractivity contribution in [2.75, 3.05) is 6.54 Å². The summed E-state index contributed by atoms with van der Waals surface area (Å²) in [5.41, 5.74) is 0.839. The van der Waals surface area contributed by atoms with Crippen LogP contribution in [0.2, 0.25) is 9.36 Å². The first kappa shape index (κ1) is 16.2. The summed E-state index contributed by atoms with van der Waals surface area (Å²) in [6.45, 7) is 2.92. The molecule has 2 rings (SSSR count). The van der Waals surface area contributed by atoms with E-state index in [0.717, 1.165) is 27.9 Å². The summed E-state index contributed by atoms with van der Waals surface area (Å²) in [7, 11) is 0. The van der Waals surface area contributed by atoms with Crippen molar-refractivity contribution in [3.63, 3.8) is 0 Å². The van der Waals surface area contributed by atoms with Gasteiger partial charge < -0.3 is 5.32 Å². The van der Waals surface area contributed by atoms with Crippen LogP contribution < -0.4 is 5.32 Å². The minimum absolute atomic E-state index is 0.0875. The summed E-state index contributed by atoms with van der Waals surface area (Å²) in [5.74, 6) is -0.408. The van der Waals surface area contributed by atoms with E-state index in [2.05, 4.69) is 28.2 Å². The van der Waals surface area contributed by atoms with Gasteiger partial charge in [-0.15, -0.1) is 11.3 Å². The highest BCUT2D eigenvalue weighted by atomic mass is 79.9. The standard InChI is InChI=1S/C14H13BrCl2FNS/c1-2-5-19-13(12-7-9(15)14(17)20-12)8-3-4-10(16)11(18)6-8/h3-4,6-7,13,19H,2,5H2,1H3. The van der Waals surface area contributed by atoms with Crippen molar-refractivity contribution in [3.05, 3.63) is 54.4 Å². The van der Waals surface area contributed by atoms with Crippen LogP contribution in [0.3, 0.4) is 0 Å². The molecule has 1 nitrogen and oxygen atoms in total. The van der Waals surface area contributed by atoms with Gasteiger partial charge in [-0.25, -0.2) is 4.39 Å². The Kier molecular flexibility index (Phi) is 5.87. The van der Waals surface area contributed by atoms with Crippen LogP contribution in [0.5, 0.6) is 0 Å². The topological polar surface area (TPSA) is 12.0 Å². The van der Waals surface area contributed by atoms with Crippen molar-refractivity contribution >= 4 is 50.5 Å². The van der Waals surface area contributed by atoms with Gasteiger partial charge in [0.25, 0.3) is 0 Å². The lowest BCUT2D eigenvalue weighted by atomic mass is 10.1. The van der Waals surface area contributed by atoms with E-state index in [-0.39, 0.29) is 11.1 Å². The minimum atomic E-state index is -0.408. The van der Waals surface area contributed by atoms with E-state index in [0.29, 0.717) is 4.34 Å². The van der Waals surface area contributed by atoms with E-state index in [1.807, 2.05) is 12.1 Å². The van der Waals surface area contributed by atoms with Crippen LogP contribution in [0, 0.1) is 5.82 Å². The molecule has 0 radical (unpaired) electrons. The Hall–Kier alpha value is -0.130. The molecule has 0 spiro atoms. The van der Waals surface area contributed by atoms with Crippen molar-refractivity contribution in [2.24, 2.45) is 0 Å². The van der Waals surface area contributed by atoms with Crippen molar-refractivity contribution in [2.45, 2.75) is 19.4 Å². The van der Waals surface area contributed by atoms with Gasteiger partial charge in [0.05, 0.1) is 11.1 Å². The first-order chi connectivity index (χ1) is 9.52. The van der Waals surface area contributed by atoms with E-state index in [1.54, 1.807) is 6.07 Å². The molecular formula is C14H13BrCl2FNS. The molecule has 0 saturated heterocycles. The second kappa shape index (κ2) is 7.23. The molecule has 1 N–H and O–H groups in total. The zero-order valence-electron chi connectivity index (χ0n) is 10.7. The van der Waals surface area contributed by atoms with Crippen molar-refractivity contribution in [1.82, 2.24) is 5.32 Å². The lowest BCUT2D eigenvalue weighted by molar-refractivity contribution is 0.591. The number of nitrogens with one attached hydrogen (secondary N) is 1. The minimum Gasteiger partial charge on any atom is -0.306 e. The lowest BCUT2D eigenvalue weighted by Crippen LogP contribution is -2.22. The number of rotatable bonds is 5. The molecule has 1 aromatic heterocycles. The smallest absolute Gasteiger partial charge is 0.142 e. The maximum absolute atomic E-state index is 13.7. The van der Waals surface area contributed by atoms with Gasteiger partial charge in [0, 0.05) is 9.35 Å². The number of halogens is 4.